The molecule has 3 N–H and O–H groups in total. The fourth-order valence-corrected chi connectivity index (χ4v) is 7.27. The Kier molecular flexibility index (Phi) is 9.11. The number of hydrogen-bond acceptors (Lipinski definition) is 9. The van der Waals surface area contributed by atoms with Gasteiger partial charge in [-0.25, -0.2) is 18.4 Å². The molecule has 1 aliphatic rings. The lowest BCUT2D eigenvalue weighted by atomic mass is 9.88. The number of carbonyl (C=O) groups excluding carboxylic acids is 2. The van der Waals surface area contributed by atoms with E-state index in [4.69, 9.17) is 15.2 Å². The molecule has 1 atom stereocenters. The second kappa shape index (κ2) is 12.3. The highest BCUT2D eigenvalue weighted by Gasteiger charge is 2.35. The molecule has 226 valence electrons. The maximum atomic E-state index is 13.7. The zero-order valence-electron chi connectivity index (χ0n) is 23.0. The predicted octanol–water partition coefficient (Wildman–Crippen LogP) is 4.66. The third kappa shape index (κ3) is 6.84. The van der Waals surface area contributed by atoms with Crippen LogP contribution in [-0.2, 0) is 33.6 Å². The normalized spacial score (nSPS) is 15.1. The van der Waals surface area contributed by atoms with Gasteiger partial charge in [0, 0.05) is 16.9 Å². The van der Waals surface area contributed by atoms with E-state index >= 15 is 0 Å². The topological polar surface area (TPSA) is 151 Å². The van der Waals surface area contributed by atoms with E-state index < -0.39 is 44.4 Å². The van der Waals surface area contributed by atoms with Gasteiger partial charge in [-0.2, -0.15) is 13.2 Å². The van der Waals surface area contributed by atoms with Crippen LogP contribution in [0.15, 0.2) is 29.4 Å². The molecule has 1 aliphatic carbocycles. The fraction of sp³-hybridized carbons (Fsp3) is 0.407. The summed E-state index contributed by atoms with van der Waals surface area (Å²) in [5, 5.41) is 1.95. The Balaban J connectivity index is 1.52. The lowest BCUT2D eigenvalue weighted by Crippen LogP contribution is -2.20. The molecule has 2 heterocycles. The van der Waals surface area contributed by atoms with Crippen LogP contribution in [0.2, 0.25) is 0 Å². The smallest absolute Gasteiger partial charge is 0.433 e. The third-order valence-electron chi connectivity index (χ3n) is 6.78. The van der Waals surface area contributed by atoms with Crippen LogP contribution < -0.4 is 20.5 Å². The Labute approximate surface area is 244 Å². The highest BCUT2D eigenvalue weighted by Crippen LogP contribution is 2.40. The van der Waals surface area contributed by atoms with Crippen LogP contribution in [0.1, 0.15) is 52.7 Å². The van der Waals surface area contributed by atoms with Gasteiger partial charge in [0.1, 0.15) is 10.7 Å². The fourth-order valence-electron chi connectivity index (χ4n) is 4.66. The van der Waals surface area contributed by atoms with Crippen molar-refractivity contribution >= 4 is 38.0 Å². The monoisotopic (exact) mass is 626 g/mol. The SMILES string of the molecule is COc1ccc(-c2cc(C(F)(F)F)nc(S(=O)(=O)CCCC(=O)Nc3sc4c(c3C(N)=O)CC[C@@H](C)C4)n2)cc1OC. The molecule has 0 spiro atoms. The number of nitrogens with two attached hydrogens (primary N) is 1. The van der Waals surface area contributed by atoms with E-state index in [1.165, 1.54) is 43.8 Å². The van der Waals surface area contributed by atoms with Crippen LogP contribution in [0.5, 0.6) is 11.5 Å². The van der Waals surface area contributed by atoms with Crippen LogP contribution in [0.3, 0.4) is 0 Å². The molecule has 4 rings (SSSR count). The number of amides is 2. The number of alkyl halides is 3. The van der Waals surface area contributed by atoms with E-state index in [0.717, 1.165) is 23.3 Å². The first kappa shape index (κ1) is 31.2. The van der Waals surface area contributed by atoms with Crippen molar-refractivity contribution in [3.8, 4) is 22.8 Å². The summed E-state index contributed by atoms with van der Waals surface area (Å²) in [7, 11) is -1.70. The number of aromatic nitrogens is 2. The first-order valence-corrected chi connectivity index (χ1v) is 15.4. The molecule has 0 bridgehead atoms. The molecule has 0 saturated carbocycles. The van der Waals surface area contributed by atoms with Gasteiger partial charge in [0.15, 0.2) is 11.5 Å². The molecule has 42 heavy (non-hydrogen) atoms. The average Bonchev–Trinajstić information content (AvgIpc) is 3.28. The number of sulfone groups is 1. The number of thiophene rings is 1. The van der Waals surface area contributed by atoms with Crippen molar-refractivity contribution in [1.29, 1.82) is 0 Å². The molecule has 10 nitrogen and oxygen atoms in total. The molecule has 15 heteroatoms. The highest BCUT2D eigenvalue weighted by atomic mass is 32.2. The van der Waals surface area contributed by atoms with Gasteiger partial charge in [-0.15, -0.1) is 11.3 Å². The number of anilines is 1. The Hall–Kier alpha value is -3.72. The van der Waals surface area contributed by atoms with E-state index in [0.29, 0.717) is 29.2 Å². The molecule has 0 unspecified atom stereocenters. The number of rotatable bonds is 10. The molecule has 0 fully saturated rings. The number of fused-ring (bicyclic) bond motifs is 1. The maximum absolute atomic E-state index is 13.7. The number of nitrogens with zero attached hydrogens (tertiary/aromatic N) is 2. The molecular weight excluding hydrogens is 597 g/mol. The van der Waals surface area contributed by atoms with Crippen molar-refractivity contribution in [2.75, 3.05) is 25.3 Å². The van der Waals surface area contributed by atoms with Crippen molar-refractivity contribution in [2.45, 2.75) is 50.4 Å². The molecular formula is C27H29F3N4O6S2. The summed E-state index contributed by atoms with van der Waals surface area (Å²) in [6, 6.07) is 4.87. The van der Waals surface area contributed by atoms with Crippen molar-refractivity contribution in [3.63, 3.8) is 0 Å². The van der Waals surface area contributed by atoms with Crippen molar-refractivity contribution < 1.29 is 40.7 Å². The minimum atomic E-state index is -4.95. The van der Waals surface area contributed by atoms with Gasteiger partial charge < -0.3 is 20.5 Å². The summed E-state index contributed by atoms with van der Waals surface area (Å²) in [5.74, 6) is -0.956. The number of hydrogen-bond donors (Lipinski definition) is 2. The van der Waals surface area contributed by atoms with Crippen molar-refractivity contribution in [2.24, 2.45) is 11.7 Å². The number of methoxy groups -OCH3 is 2. The predicted molar refractivity (Wildman–Crippen MR) is 150 cm³/mol. The number of carbonyl (C=O) groups is 2. The molecule has 0 radical (unpaired) electrons. The number of primary amides is 1. The summed E-state index contributed by atoms with van der Waals surface area (Å²) < 4.78 is 77.4. The first-order chi connectivity index (χ1) is 19.7. The number of ether oxygens (including phenoxy) is 2. The standard InChI is InChI=1S/C27H29F3N4O6S2/c1-14-6-8-16-20(11-14)41-25(23(16)24(31)36)34-22(35)5-4-10-42(37,38)26-32-17(13-21(33-26)27(28,29)30)15-7-9-18(39-2)19(12-15)40-3/h7,9,12-14H,4-6,8,10-11H2,1-3H3,(H2,31,36)(H,34,35)/t14-/m1/s1. The number of benzene rings is 1. The number of halogens is 3. The Morgan fingerprint density at radius 3 is 2.50 bits per heavy atom. The number of nitrogens with one attached hydrogen (secondary N) is 1. The van der Waals surface area contributed by atoms with Gasteiger partial charge >= 0.3 is 6.18 Å². The third-order valence-corrected chi connectivity index (χ3v) is 9.52. The van der Waals surface area contributed by atoms with Gasteiger partial charge in [-0.1, -0.05) is 6.92 Å². The van der Waals surface area contributed by atoms with E-state index in [1.807, 2.05) is 0 Å². The van der Waals surface area contributed by atoms with Gasteiger partial charge in [0.05, 0.1) is 31.2 Å². The Morgan fingerprint density at radius 2 is 1.86 bits per heavy atom. The summed E-state index contributed by atoms with van der Waals surface area (Å²) in [6.07, 6.45) is -3.14. The summed E-state index contributed by atoms with van der Waals surface area (Å²) in [5.41, 5.74) is 5.09. The lowest BCUT2D eigenvalue weighted by Gasteiger charge is -2.18. The zero-order valence-corrected chi connectivity index (χ0v) is 24.6. The average molecular weight is 627 g/mol. The minimum absolute atomic E-state index is 0.148. The summed E-state index contributed by atoms with van der Waals surface area (Å²) in [4.78, 5) is 33.0. The van der Waals surface area contributed by atoms with Crippen molar-refractivity contribution in [3.05, 3.63) is 46.0 Å². The summed E-state index contributed by atoms with van der Waals surface area (Å²) in [6.45, 7) is 2.09. The van der Waals surface area contributed by atoms with Gasteiger partial charge in [0.2, 0.25) is 20.9 Å². The van der Waals surface area contributed by atoms with E-state index in [1.54, 1.807) is 0 Å². The Morgan fingerprint density at radius 1 is 1.14 bits per heavy atom. The lowest BCUT2D eigenvalue weighted by molar-refractivity contribution is -0.141. The quantitative estimate of drug-likeness (QED) is 0.309. The van der Waals surface area contributed by atoms with Crippen LogP contribution in [0, 0.1) is 5.92 Å². The molecule has 0 aliphatic heterocycles. The maximum Gasteiger partial charge on any atom is 0.433 e. The zero-order chi connectivity index (χ0) is 30.8. The van der Waals surface area contributed by atoms with E-state index in [2.05, 4.69) is 22.2 Å². The van der Waals surface area contributed by atoms with E-state index in [9.17, 15) is 31.2 Å². The van der Waals surface area contributed by atoms with Crippen molar-refractivity contribution in [1.82, 2.24) is 9.97 Å². The van der Waals surface area contributed by atoms with Crippen LogP contribution >= 0.6 is 11.3 Å². The first-order valence-electron chi connectivity index (χ1n) is 12.9. The van der Waals surface area contributed by atoms with E-state index in [-0.39, 0.29) is 35.4 Å². The van der Waals surface area contributed by atoms with Gasteiger partial charge in [-0.3, -0.25) is 9.59 Å². The van der Waals surface area contributed by atoms with Crippen LogP contribution in [-0.4, -0.2) is 50.2 Å². The molecule has 2 aromatic heterocycles. The molecule has 0 saturated heterocycles. The molecule has 1 aromatic carbocycles. The largest absolute Gasteiger partial charge is 0.493 e. The van der Waals surface area contributed by atoms with Gasteiger partial charge in [-0.05, 0) is 61.4 Å². The second-order valence-electron chi connectivity index (χ2n) is 9.88. The highest BCUT2D eigenvalue weighted by molar-refractivity contribution is 7.91. The Bertz CT molecular complexity index is 1620. The molecule has 2 amide bonds. The van der Waals surface area contributed by atoms with Crippen LogP contribution in [0.4, 0.5) is 18.2 Å². The molecule has 3 aromatic rings. The van der Waals surface area contributed by atoms with Gasteiger partial charge in [0.25, 0.3) is 5.91 Å². The summed E-state index contributed by atoms with van der Waals surface area (Å²) >= 11 is 1.27. The minimum Gasteiger partial charge on any atom is -0.493 e. The second-order valence-corrected chi connectivity index (χ2v) is 13.0. The van der Waals surface area contributed by atoms with Crippen LogP contribution in [0.25, 0.3) is 11.3 Å².